The molecule has 2 aliphatic heterocycles. The average molecular weight is 231 g/mol. The van der Waals surface area contributed by atoms with Crippen molar-refractivity contribution < 1.29 is 4.74 Å². The number of nitrogens with zero attached hydrogens (tertiary/aromatic N) is 1. The van der Waals surface area contributed by atoms with E-state index in [4.69, 9.17) is 4.74 Å². The lowest BCUT2D eigenvalue weighted by molar-refractivity contribution is -0.0363. The Morgan fingerprint density at radius 2 is 2.12 bits per heavy atom. The molecule has 0 bridgehead atoms. The number of likely N-dealkylation sites (tertiary alicyclic amines) is 1. The number of ether oxygens (including phenoxy) is 1. The van der Waals surface area contributed by atoms with Crippen molar-refractivity contribution in [3.8, 4) is 0 Å². The zero-order chi connectivity index (χ0) is 11.8. The second-order valence-electron chi connectivity index (χ2n) is 5.53. The normalized spacial score (nSPS) is 28.9. The minimum absolute atomic E-state index is 0.444. The third-order valence-electron chi connectivity index (χ3n) is 4.22. The van der Waals surface area contributed by atoms with Crippen molar-refractivity contribution in [3.63, 3.8) is 0 Å². The van der Waals surface area contributed by atoms with E-state index in [-0.39, 0.29) is 0 Å². The summed E-state index contributed by atoms with van der Waals surface area (Å²) < 4.78 is 6.01. The van der Waals surface area contributed by atoms with E-state index in [0.29, 0.717) is 18.1 Å². The van der Waals surface area contributed by atoms with E-state index in [1.807, 2.05) is 0 Å². The fourth-order valence-corrected chi connectivity index (χ4v) is 3.15. The van der Waals surface area contributed by atoms with E-state index in [2.05, 4.69) is 43.0 Å². The summed E-state index contributed by atoms with van der Waals surface area (Å²) >= 11 is 0. The summed E-state index contributed by atoms with van der Waals surface area (Å²) in [6, 6.07) is 9.42. The van der Waals surface area contributed by atoms with E-state index in [1.165, 1.54) is 24.1 Å². The molecule has 0 aromatic heterocycles. The minimum Gasteiger partial charge on any atom is -0.373 e. The highest BCUT2D eigenvalue weighted by molar-refractivity contribution is 5.33. The lowest BCUT2D eigenvalue weighted by atomic mass is 9.83. The quantitative estimate of drug-likeness (QED) is 0.737. The Hall–Kier alpha value is -0.860. The molecular formula is C15H21NO. The number of piperidine rings is 1. The SMILES string of the molecule is CC(C)N1CC[C@@H]2OCc3ccccc3[C@H]2C1. The van der Waals surface area contributed by atoms with Gasteiger partial charge in [-0.1, -0.05) is 24.3 Å². The van der Waals surface area contributed by atoms with Crippen LogP contribution in [0, 0.1) is 0 Å². The van der Waals surface area contributed by atoms with Gasteiger partial charge in [0.25, 0.3) is 0 Å². The first-order chi connectivity index (χ1) is 8.25. The molecule has 0 amide bonds. The van der Waals surface area contributed by atoms with Gasteiger partial charge in [0.1, 0.15) is 0 Å². The molecule has 1 aromatic carbocycles. The van der Waals surface area contributed by atoms with Gasteiger partial charge in [0.05, 0.1) is 12.7 Å². The lowest BCUT2D eigenvalue weighted by Gasteiger charge is -2.43. The molecule has 92 valence electrons. The van der Waals surface area contributed by atoms with Gasteiger partial charge in [-0.15, -0.1) is 0 Å². The Morgan fingerprint density at radius 1 is 1.29 bits per heavy atom. The highest BCUT2D eigenvalue weighted by Gasteiger charge is 2.35. The van der Waals surface area contributed by atoms with Crippen molar-refractivity contribution in [1.82, 2.24) is 4.90 Å². The van der Waals surface area contributed by atoms with Gasteiger partial charge in [-0.05, 0) is 31.4 Å². The Bertz CT molecular complexity index is 402. The Kier molecular flexibility index (Phi) is 2.93. The standard InChI is InChI=1S/C15H21NO/c1-11(2)16-8-7-15-14(9-16)13-6-4-3-5-12(13)10-17-15/h3-6,11,14-15H,7-10H2,1-2H3/t14-,15+/m1/s1. The van der Waals surface area contributed by atoms with Crippen LogP contribution in [0.3, 0.4) is 0 Å². The van der Waals surface area contributed by atoms with Gasteiger partial charge in [0, 0.05) is 25.0 Å². The third kappa shape index (κ3) is 2.00. The molecule has 0 N–H and O–H groups in total. The molecule has 17 heavy (non-hydrogen) atoms. The van der Waals surface area contributed by atoms with Crippen molar-refractivity contribution in [1.29, 1.82) is 0 Å². The topological polar surface area (TPSA) is 12.5 Å². The molecular weight excluding hydrogens is 210 g/mol. The van der Waals surface area contributed by atoms with E-state index in [0.717, 1.165) is 13.2 Å². The monoisotopic (exact) mass is 231 g/mol. The molecule has 2 aliphatic rings. The fourth-order valence-electron chi connectivity index (χ4n) is 3.15. The second-order valence-corrected chi connectivity index (χ2v) is 5.53. The third-order valence-corrected chi connectivity index (χ3v) is 4.22. The summed E-state index contributed by atoms with van der Waals surface area (Å²) in [7, 11) is 0. The number of fused-ring (bicyclic) bond motifs is 3. The fraction of sp³-hybridized carbons (Fsp3) is 0.600. The van der Waals surface area contributed by atoms with E-state index in [1.54, 1.807) is 0 Å². The van der Waals surface area contributed by atoms with Crippen LogP contribution in [-0.4, -0.2) is 30.1 Å². The Balaban J connectivity index is 1.88. The summed E-state index contributed by atoms with van der Waals surface area (Å²) in [5.74, 6) is 0.580. The van der Waals surface area contributed by atoms with Gasteiger partial charge in [0.2, 0.25) is 0 Å². The van der Waals surface area contributed by atoms with Crippen LogP contribution in [0.2, 0.25) is 0 Å². The highest BCUT2D eigenvalue weighted by atomic mass is 16.5. The number of hydrogen-bond donors (Lipinski definition) is 0. The van der Waals surface area contributed by atoms with Crippen molar-refractivity contribution in [2.24, 2.45) is 0 Å². The predicted molar refractivity (Wildman–Crippen MR) is 69.1 cm³/mol. The molecule has 3 rings (SSSR count). The number of rotatable bonds is 1. The van der Waals surface area contributed by atoms with Crippen molar-refractivity contribution in [3.05, 3.63) is 35.4 Å². The van der Waals surface area contributed by atoms with Crippen LogP contribution in [-0.2, 0) is 11.3 Å². The predicted octanol–water partition coefficient (Wildman–Crippen LogP) is 2.78. The molecule has 0 spiro atoms. The van der Waals surface area contributed by atoms with Gasteiger partial charge in [-0.2, -0.15) is 0 Å². The molecule has 0 unspecified atom stereocenters. The average Bonchev–Trinajstić information content (AvgIpc) is 2.38. The molecule has 1 saturated heterocycles. The number of hydrogen-bond acceptors (Lipinski definition) is 2. The molecule has 2 heteroatoms. The smallest absolute Gasteiger partial charge is 0.0723 e. The van der Waals surface area contributed by atoms with Gasteiger partial charge in [0.15, 0.2) is 0 Å². The van der Waals surface area contributed by atoms with Crippen LogP contribution in [0.25, 0.3) is 0 Å². The van der Waals surface area contributed by atoms with Gasteiger partial charge < -0.3 is 9.64 Å². The molecule has 2 heterocycles. The van der Waals surface area contributed by atoms with Crippen molar-refractivity contribution in [2.45, 2.75) is 44.9 Å². The van der Waals surface area contributed by atoms with Crippen LogP contribution in [0.15, 0.2) is 24.3 Å². The first kappa shape index (κ1) is 11.2. The zero-order valence-corrected chi connectivity index (χ0v) is 10.7. The highest BCUT2D eigenvalue weighted by Crippen LogP contribution is 2.36. The Morgan fingerprint density at radius 3 is 2.94 bits per heavy atom. The van der Waals surface area contributed by atoms with E-state index >= 15 is 0 Å². The molecule has 2 nitrogen and oxygen atoms in total. The summed E-state index contributed by atoms with van der Waals surface area (Å²) in [6.45, 7) is 7.71. The lowest BCUT2D eigenvalue weighted by Crippen LogP contribution is -2.47. The van der Waals surface area contributed by atoms with Gasteiger partial charge in [-0.3, -0.25) is 0 Å². The molecule has 0 saturated carbocycles. The van der Waals surface area contributed by atoms with Crippen LogP contribution in [0.1, 0.15) is 37.3 Å². The largest absolute Gasteiger partial charge is 0.373 e. The van der Waals surface area contributed by atoms with Crippen LogP contribution < -0.4 is 0 Å². The maximum Gasteiger partial charge on any atom is 0.0723 e. The maximum atomic E-state index is 6.01. The van der Waals surface area contributed by atoms with Crippen LogP contribution in [0.4, 0.5) is 0 Å². The van der Waals surface area contributed by atoms with Crippen LogP contribution in [0.5, 0.6) is 0 Å². The second kappa shape index (κ2) is 4.43. The minimum atomic E-state index is 0.444. The molecule has 1 aromatic rings. The van der Waals surface area contributed by atoms with E-state index < -0.39 is 0 Å². The summed E-state index contributed by atoms with van der Waals surface area (Å²) in [4.78, 5) is 2.58. The molecule has 0 radical (unpaired) electrons. The maximum absolute atomic E-state index is 6.01. The van der Waals surface area contributed by atoms with E-state index in [9.17, 15) is 0 Å². The molecule has 1 fully saturated rings. The zero-order valence-electron chi connectivity index (χ0n) is 10.7. The number of benzene rings is 1. The van der Waals surface area contributed by atoms with Crippen LogP contribution >= 0.6 is 0 Å². The van der Waals surface area contributed by atoms with Gasteiger partial charge >= 0.3 is 0 Å². The summed E-state index contributed by atoms with van der Waals surface area (Å²) in [5, 5.41) is 0. The molecule has 0 aliphatic carbocycles. The molecule has 2 atom stereocenters. The summed E-state index contributed by atoms with van der Waals surface area (Å²) in [5.41, 5.74) is 2.91. The van der Waals surface area contributed by atoms with Gasteiger partial charge in [-0.25, -0.2) is 0 Å². The van der Waals surface area contributed by atoms with Crippen molar-refractivity contribution in [2.75, 3.05) is 13.1 Å². The Labute approximate surface area is 104 Å². The first-order valence-corrected chi connectivity index (χ1v) is 6.69. The summed E-state index contributed by atoms with van der Waals surface area (Å²) in [6.07, 6.45) is 1.62. The van der Waals surface area contributed by atoms with Crippen molar-refractivity contribution >= 4 is 0 Å². The first-order valence-electron chi connectivity index (χ1n) is 6.69.